The largest absolute Gasteiger partial charge is 0.508 e. The Kier molecular flexibility index (Phi) is 3.67. The lowest BCUT2D eigenvalue weighted by atomic mass is 10.2. The number of thiocarbonyl (C=S) groups is 1. The minimum Gasteiger partial charge on any atom is -0.508 e. The predicted octanol–water partition coefficient (Wildman–Crippen LogP) is 1.21. The van der Waals surface area contributed by atoms with Crippen molar-refractivity contribution in [1.29, 1.82) is 0 Å². The van der Waals surface area contributed by atoms with Crippen LogP contribution in [0.2, 0.25) is 5.02 Å². The van der Waals surface area contributed by atoms with E-state index < -0.39 is 0 Å². The van der Waals surface area contributed by atoms with Gasteiger partial charge in [0.25, 0.3) is 0 Å². The Morgan fingerprint density at radius 3 is 2.93 bits per heavy atom. The number of phenols is 1. The summed E-state index contributed by atoms with van der Waals surface area (Å²) in [7, 11) is 0. The summed E-state index contributed by atoms with van der Waals surface area (Å²) in [5.41, 5.74) is 8.21. The van der Waals surface area contributed by atoms with Crippen LogP contribution in [0.1, 0.15) is 5.56 Å². The van der Waals surface area contributed by atoms with Crippen LogP contribution < -0.4 is 11.2 Å². The highest BCUT2D eigenvalue weighted by atomic mass is 35.5. The smallest absolute Gasteiger partial charge is 0.184 e. The van der Waals surface area contributed by atoms with Crippen molar-refractivity contribution in [2.45, 2.75) is 0 Å². The van der Waals surface area contributed by atoms with Crippen molar-refractivity contribution < 1.29 is 5.11 Å². The molecule has 6 heteroatoms. The Hall–Kier alpha value is -1.33. The highest BCUT2D eigenvalue weighted by Gasteiger charge is 1.97. The maximum Gasteiger partial charge on any atom is 0.184 e. The standard InChI is InChI=1S/C8H8ClN3OS/c9-7-3-6(13)2-1-5(7)4-11-12-8(10)14/h1-4,13H,(H3,10,12,14)/b11-4+. The van der Waals surface area contributed by atoms with E-state index in [9.17, 15) is 0 Å². The molecule has 0 atom stereocenters. The van der Waals surface area contributed by atoms with Crippen LogP contribution in [-0.2, 0) is 0 Å². The average Bonchev–Trinajstić information content (AvgIpc) is 2.08. The third-order valence-corrected chi connectivity index (χ3v) is 1.78. The molecule has 0 spiro atoms. The van der Waals surface area contributed by atoms with Gasteiger partial charge < -0.3 is 10.8 Å². The fourth-order valence-corrected chi connectivity index (χ4v) is 1.06. The first kappa shape index (κ1) is 10.7. The molecule has 0 unspecified atom stereocenters. The maximum absolute atomic E-state index is 9.07. The lowest BCUT2D eigenvalue weighted by molar-refractivity contribution is 0.475. The summed E-state index contributed by atoms with van der Waals surface area (Å²) in [6.45, 7) is 0. The molecule has 0 saturated heterocycles. The number of nitrogens with two attached hydrogens (primary N) is 1. The summed E-state index contributed by atoms with van der Waals surface area (Å²) in [5.74, 6) is 0.106. The number of hydrazone groups is 1. The molecule has 14 heavy (non-hydrogen) atoms. The molecule has 0 aliphatic heterocycles. The van der Waals surface area contributed by atoms with E-state index in [0.29, 0.717) is 10.6 Å². The van der Waals surface area contributed by atoms with E-state index in [1.807, 2.05) is 0 Å². The van der Waals surface area contributed by atoms with Crippen LogP contribution in [0.25, 0.3) is 0 Å². The number of hydrogen-bond acceptors (Lipinski definition) is 3. The van der Waals surface area contributed by atoms with Gasteiger partial charge in [-0.15, -0.1) is 0 Å². The van der Waals surface area contributed by atoms with Crippen LogP contribution >= 0.6 is 23.8 Å². The van der Waals surface area contributed by atoms with Gasteiger partial charge in [-0.05, 0) is 30.4 Å². The summed E-state index contributed by atoms with van der Waals surface area (Å²) in [5, 5.41) is 13.3. The second kappa shape index (κ2) is 4.78. The highest BCUT2D eigenvalue weighted by molar-refractivity contribution is 7.80. The highest BCUT2D eigenvalue weighted by Crippen LogP contribution is 2.19. The molecule has 0 fully saturated rings. The fourth-order valence-electron chi connectivity index (χ4n) is 0.786. The number of hydrogen-bond donors (Lipinski definition) is 3. The zero-order valence-corrected chi connectivity index (χ0v) is 8.64. The second-order valence-electron chi connectivity index (χ2n) is 2.44. The molecule has 0 bridgehead atoms. The second-order valence-corrected chi connectivity index (χ2v) is 3.29. The van der Waals surface area contributed by atoms with Crippen LogP contribution in [0.15, 0.2) is 23.3 Å². The lowest BCUT2D eigenvalue weighted by Crippen LogP contribution is -2.24. The third kappa shape index (κ3) is 3.20. The first-order valence-electron chi connectivity index (χ1n) is 3.66. The molecule has 1 aromatic carbocycles. The summed E-state index contributed by atoms with van der Waals surface area (Å²) >= 11 is 10.3. The number of rotatable bonds is 2. The van der Waals surface area contributed by atoms with E-state index in [1.165, 1.54) is 18.3 Å². The fraction of sp³-hybridized carbons (Fsp3) is 0. The lowest BCUT2D eigenvalue weighted by Gasteiger charge is -1.98. The van der Waals surface area contributed by atoms with Gasteiger partial charge >= 0.3 is 0 Å². The van der Waals surface area contributed by atoms with Crippen molar-refractivity contribution in [3.63, 3.8) is 0 Å². The monoisotopic (exact) mass is 229 g/mol. The Morgan fingerprint density at radius 2 is 2.36 bits per heavy atom. The molecule has 4 nitrogen and oxygen atoms in total. The first-order valence-corrected chi connectivity index (χ1v) is 4.45. The Morgan fingerprint density at radius 1 is 1.64 bits per heavy atom. The number of benzene rings is 1. The van der Waals surface area contributed by atoms with Crippen LogP contribution in [0.3, 0.4) is 0 Å². The summed E-state index contributed by atoms with van der Waals surface area (Å²) in [6, 6.07) is 4.56. The van der Waals surface area contributed by atoms with Gasteiger partial charge in [-0.1, -0.05) is 11.6 Å². The molecule has 1 aromatic rings. The molecule has 4 N–H and O–H groups in total. The van der Waals surface area contributed by atoms with Crippen molar-refractivity contribution in [2.75, 3.05) is 0 Å². The SMILES string of the molecule is NC(=S)N/N=C/c1ccc(O)cc1Cl. The van der Waals surface area contributed by atoms with E-state index in [4.69, 9.17) is 22.4 Å². The Bertz CT molecular complexity index is 381. The van der Waals surface area contributed by atoms with Gasteiger partial charge in [0, 0.05) is 5.56 Å². The van der Waals surface area contributed by atoms with Crippen LogP contribution in [0.5, 0.6) is 5.75 Å². The minimum atomic E-state index is 0.0798. The molecule has 0 aromatic heterocycles. The molecule has 0 amide bonds. The molecule has 1 rings (SSSR count). The summed E-state index contributed by atoms with van der Waals surface area (Å²) in [6.07, 6.45) is 1.46. The Balaban J connectivity index is 2.76. The zero-order valence-electron chi connectivity index (χ0n) is 7.07. The summed E-state index contributed by atoms with van der Waals surface area (Å²) in [4.78, 5) is 0. The topological polar surface area (TPSA) is 70.6 Å². The number of phenolic OH excluding ortho intramolecular Hbond substituents is 1. The normalized spacial score (nSPS) is 10.4. The molecule has 0 aliphatic carbocycles. The molecular formula is C8H8ClN3OS. The number of nitrogens with zero attached hydrogens (tertiary/aromatic N) is 1. The van der Waals surface area contributed by atoms with E-state index >= 15 is 0 Å². The molecule has 74 valence electrons. The van der Waals surface area contributed by atoms with Crippen molar-refractivity contribution in [3.8, 4) is 5.75 Å². The van der Waals surface area contributed by atoms with E-state index in [-0.39, 0.29) is 10.9 Å². The van der Waals surface area contributed by atoms with E-state index in [1.54, 1.807) is 6.07 Å². The van der Waals surface area contributed by atoms with Gasteiger partial charge in [0.1, 0.15) is 5.75 Å². The van der Waals surface area contributed by atoms with Gasteiger partial charge in [0.05, 0.1) is 11.2 Å². The third-order valence-electron chi connectivity index (χ3n) is 1.36. The number of aromatic hydroxyl groups is 1. The predicted molar refractivity (Wildman–Crippen MR) is 60.6 cm³/mol. The first-order chi connectivity index (χ1) is 6.59. The van der Waals surface area contributed by atoms with Crippen molar-refractivity contribution in [3.05, 3.63) is 28.8 Å². The van der Waals surface area contributed by atoms with E-state index in [0.717, 1.165) is 0 Å². The van der Waals surface area contributed by atoms with Crippen molar-refractivity contribution >= 4 is 35.1 Å². The molecule has 0 heterocycles. The number of halogens is 1. The van der Waals surface area contributed by atoms with Crippen molar-refractivity contribution in [2.24, 2.45) is 10.8 Å². The molecule has 0 aliphatic rings. The number of nitrogens with one attached hydrogen (secondary N) is 1. The molecule has 0 radical (unpaired) electrons. The maximum atomic E-state index is 9.07. The average molecular weight is 230 g/mol. The van der Waals surface area contributed by atoms with E-state index in [2.05, 4.69) is 22.7 Å². The van der Waals surface area contributed by atoms with Crippen LogP contribution in [-0.4, -0.2) is 16.4 Å². The van der Waals surface area contributed by atoms with Crippen LogP contribution in [0.4, 0.5) is 0 Å². The molecular weight excluding hydrogens is 222 g/mol. The van der Waals surface area contributed by atoms with Crippen LogP contribution in [0, 0.1) is 0 Å². The van der Waals surface area contributed by atoms with Gasteiger partial charge in [-0.3, -0.25) is 5.43 Å². The van der Waals surface area contributed by atoms with Gasteiger partial charge in [-0.2, -0.15) is 5.10 Å². The van der Waals surface area contributed by atoms with Gasteiger partial charge in [0.15, 0.2) is 5.11 Å². The summed E-state index contributed by atoms with van der Waals surface area (Å²) < 4.78 is 0. The van der Waals surface area contributed by atoms with Crippen molar-refractivity contribution in [1.82, 2.24) is 5.43 Å². The Labute approximate surface area is 91.4 Å². The molecule has 0 saturated carbocycles. The minimum absolute atomic E-state index is 0.0798. The van der Waals surface area contributed by atoms with Gasteiger partial charge in [-0.25, -0.2) is 0 Å². The quantitative estimate of drug-likeness (QED) is 0.405. The van der Waals surface area contributed by atoms with Gasteiger partial charge in [0.2, 0.25) is 0 Å². The zero-order chi connectivity index (χ0) is 10.6.